The quantitative estimate of drug-likeness (QED) is 0.197. The Kier molecular flexibility index (Phi) is 9.53. The van der Waals surface area contributed by atoms with Gasteiger partial charge in [0.1, 0.15) is 11.8 Å². The molecule has 2 aromatic carbocycles. The van der Waals surface area contributed by atoms with E-state index in [4.69, 9.17) is 16.3 Å². The Balaban J connectivity index is 1.63. The lowest BCUT2D eigenvalue weighted by atomic mass is 10.1. The lowest BCUT2D eigenvalue weighted by molar-refractivity contribution is -0.125. The van der Waals surface area contributed by atoms with Crippen molar-refractivity contribution in [2.45, 2.75) is 17.6 Å². The largest absolute Gasteiger partial charge is 0.495 e. The fourth-order valence-corrected chi connectivity index (χ4v) is 5.42. The highest BCUT2D eigenvalue weighted by Crippen LogP contribution is 2.35. The molecule has 0 aliphatic rings. The molecule has 4 rings (SSSR count). The van der Waals surface area contributed by atoms with E-state index in [0.717, 1.165) is 10.4 Å². The van der Waals surface area contributed by atoms with Crippen LogP contribution < -0.4 is 15.0 Å². The number of ether oxygens (including phenoxy) is 1. The van der Waals surface area contributed by atoms with Gasteiger partial charge in [0.25, 0.3) is 0 Å². The van der Waals surface area contributed by atoms with Gasteiger partial charge in [0.15, 0.2) is 5.16 Å². The van der Waals surface area contributed by atoms with Crippen LogP contribution in [0, 0.1) is 0 Å². The van der Waals surface area contributed by atoms with E-state index in [2.05, 4.69) is 15.3 Å². The summed E-state index contributed by atoms with van der Waals surface area (Å²) in [5, 5.41) is 5.72. The smallest absolute Gasteiger partial charge is 0.248 e. The number of carbonyl (C=O) groups is 2. The van der Waals surface area contributed by atoms with Gasteiger partial charge in [-0.05, 0) is 47.7 Å². The third-order valence-corrected chi connectivity index (χ3v) is 7.50. The van der Waals surface area contributed by atoms with Gasteiger partial charge in [-0.3, -0.25) is 14.5 Å². The number of methoxy groups -OCH3 is 1. The first-order valence-electron chi connectivity index (χ1n) is 11.5. The number of rotatable bonds is 11. The van der Waals surface area contributed by atoms with Crippen molar-refractivity contribution in [3.63, 3.8) is 0 Å². The fourth-order valence-electron chi connectivity index (χ4n) is 3.69. The minimum Gasteiger partial charge on any atom is -0.495 e. The van der Waals surface area contributed by atoms with Crippen LogP contribution >= 0.6 is 34.7 Å². The maximum Gasteiger partial charge on any atom is 0.248 e. The molecule has 4 aromatic rings. The molecule has 1 unspecified atom stereocenters. The predicted octanol–water partition coefficient (Wildman–Crippen LogP) is 5.43. The summed E-state index contributed by atoms with van der Waals surface area (Å²) in [5.41, 5.74) is 1.60. The van der Waals surface area contributed by atoms with Crippen molar-refractivity contribution in [1.82, 2.24) is 15.3 Å². The topological polar surface area (TPSA) is 84.4 Å². The summed E-state index contributed by atoms with van der Waals surface area (Å²) in [7, 11) is 1.52. The van der Waals surface area contributed by atoms with Crippen molar-refractivity contribution < 1.29 is 14.3 Å². The Labute approximate surface area is 228 Å². The average Bonchev–Trinajstić information content (AvgIpc) is 3.46. The molecule has 10 heteroatoms. The molecule has 1 atom stereocenters. The molecule has 0 bridgehead atoms. The number of carbonyl (C=O) groups excluding carboxylic acids is 2. The van der Waals surface area contributed by atoms with Crippen LogP contribution in [0.2, 0.25) is 5.02 Å². The lowest BCUT2D eigenvalue weighted by Gasteiger charge is -2.31. The predicted molar refractivity (Wildman–Crippen MR) is 148 cm³/mol. The standard InChI is InChI=1S/C27H25ClN4O3S2/c1-35-22-11-10-20(17-21(22)28)32(24(33)18-37-27-30-13-6-14-31-27)25(23-9-5-16-36-23)26(34)29-15-12-19-7-3-2-4-8-19/h2-11,13-14,16-17,25H,12,15,18H2,1H3,(H,29,34). The number of aromatic nitrogens is 2. The summed E-state index contributed by atoms with van der Waals surface area (Å²) >= 11 is 9.04. The number of thiophene rings is 1. The Morgan fingerprint density at radius 3 is 2.54 bits per heavy atom. The first-order valence-corrected chi connectivity index (χ1v) is 13.7. The second kappa shape index (κ2) is 13.2. The number of hydrogen-bond donors (Lipinski definition) is 1. The van der Waals surface area contributed by atoms with Gasteiger partial charge in [0.2, 0.25) is 11.8 Å². The van der Waals surface area contributed by atoms with Crippen LogP contribution in [0.15, 0.2) is 89.7 Å². The van der Waals surface area contributed by atoms with Crippen LogP contribution in [0.4, 0.5) is 5.69 Å². The molecular weight excluding hydrogens is 528 g/mol. The van der Waals surface area contributed by atoms with Crippen LogP contribution in [-0.2, 0) is 16.0 Å². The van der Waals surface area contributed by atoms with Gasteiger partial charge in [-0.25, -0.2) is 9.97 Å². The maximum atomic E-state index is 13.7. The molecule has 0 saturated carbocycles. The fraction of sp³-hybridized carbons (Fsp3) is 0.185. The third kappa shape index (κ3) is 7.09. The normalized spacial score (nSPS) is 11.5. The van der Waals surface area contributed by atoms with E-state index >= 15 is 0 Å². The number of hydrogen-bond acceptors (Lipinski definition) is 7. The second-order valence-electron chi connectivity index (χ2n) is 7.85. The van der Waals surface area contributed by atoms with Gasteiger partial charge >= 0.3 is 0 Å². The molecule has 190 valence electrons. The van der Waals surface area contributed by atoms with E-state index in [-0.39, 0.29) is 17.6 Å². The monoisotopic (exact) mass is 552 g/mol. The van der Waals surface area contributed by atoms with E-state index in [0.29, 0.717) is 34.6 Å². The van der Waals surface area contributed by atoms with E-state index in [1.807, 2.05) is 47.8 Å². The van der Waals surface area contributed by atoms with Crippen molar-refractivity contribution >= 4 is 52.2 Å². The summed E-state index contributed by atoms with van der Waals surface area (Å²) in [4.78, 5) is 38.0. The van der Waals surface area contributed by atoms with Crippen LogP contribution in [0.25, 0.3) is 0 Å². The summed E-state index contributed by atoms with van der Waals surface area (Å²) in [6.45, 7) is 0.433. The van der Waals surface area contributed by atoms with Crippen molar-refractivity contribution in [3.8, 4) is 5.75 Å². The van der Waals surface area contributed by atoms with Gasteiger partial charge < -0.3 is 10.1 Å². The number of halogens is 1. The number of thioether (sulfide) groups is 1. The van der Waals surface area contributed by atoms with Crippen LogP contribution in [-0.4, -0.2) is 41.2 Å². The highest BCUT2D eigenvalue weighted by atomic mass is 35.5. The Bertz CT molecular complexity index is 1310. The Hall–Kier alpha value is -3.40. The molecule has 0 radical (unpaired) electrons. The zero-order valence-corrected chi connectivity index (χ0v) is 22.4. The number of amides is 2. The molecule has 37 heavy (non-hydrogen) atoms. The molecule has 0 aliphatic carbocycles. The van der Waals surface area contributed by atoms with E-state index in [9.17, 15) is 9.59 Å². The third-order valence-electron chi connectivity index (χ3n) is 5.42. The average molecular weight is 553 g/mol. The summed E-state index contributed by atoms with van der Waals surface area (Å²) in [6, 6.07) is 19.5. The highest BCUT2D eigenvalue weighted by Gasteiger charge is 2.34. The molecule has 7 nitrogen and oxygen atoms in total. The van der Waals surface area contributed by atoms with Gasteiger partial charge in [-0.2, -0.15) is 0 Å². The minimum atomic E-state index is -0.884. The highest BCUT2D eigenvalue weighted by molar-refractivity contribution is 7.99. The zero-order valence-electron chi connectivity index (χ0n) is 20.0. The molecule has 2 amide bonds. The van der Waals surface area contributed by atoms with Gasteiger partial charge in [-0.15, -0.1) is 11.3 Å². The molecule has 2 heterocycles. The van der Waals surface area contributed by atoms with Crippen molar-refractivity contribution in [3.05, 3.63) is 100.0 Å². The number of anilines is 1. The number of nitrogens with zero attached hydrogens (tertiary/aromatic N) is 3. The van der Waals surface area contributed by atoms with Crippen LogP contribution in [0.5, 0.6) is 5.75 Å². The molecule has 1 N–H and O–H groups in total. The molecule has 0 fully saturated rings. The molecule has 2 aromatic heterocycles. The van der Waals surface area contributed by atoms with Gasteiger partial charge in [0, 0.05) is 29.5 Å². The molecule has 0 saturated heterocycles. The Morgan fingerprint density at radius 1 is 1.08 bits per heavy atom. The Morgan fingerprint density at radius 2 is 1.86 bits per heavy atom. The van der Waals surface area contributed by atoms with Crippen molar-refractivity contribution in [2.24, 2.45) is 0 Å². The molecule has 0 aliphatic heterocycles. The first kappa shape index (κ1) is 26.7. The second-order valence-corrected chi connectivity index (χ2v) is 10.2. The maximum absolute atomic E-state index is 13.7. The SMILES string of the molecule is COc1ccc(N(C(=O)CSc2ncccn2)C(C(=O)NCCc2ccccc2)c2cccs2)cc1Cl. The molecule has 0 spiro atoms. The van der Waals surface area contributed by atoms with Crippen LogP contribution in [0.3, 0.4) is 0 Å². The zero-order chi connectivity index (χ0) is 26.0. The first-order chi connectivity index (χ1) is 18.1. The lowest BCUT2D eigenvalue weighted by Crippen LogP contribution is -2.45. The van der Waals surface area contributed by atoms with Gasteiger partial charge in [0.05, 0.1) is 17.9 Å². The van der Waals surface area contributed by atoms with E-state index in [1.54, 1.807) is 36.7 Å². The summed E-state index contributed by atoms with van der Waals surface area (Å²) < 4.78 is 5.29. The van der Waals surface area contributed by atoms with Crippen molar-refractivity contribution in [1.29, 1.82) is 0 Å². The van der Waals surface area contributed by atoms with Gasteiger partial charge in [-0.1, -0.05) is 59.8 Å². The number of benzene rings is 2. The van der Waals surface area contributed by atoms with E-state index < -0.39 is 6.04 Å². The van der Waals surface area contributed by atoms with Crippen LogP contribution in [0.1, 0.15) is 16.5 Å². The molecular formula is C27H25ClN4O3S2. The summed E-state index contributed by atoms with van der Waals surface area (Å²) in [5.74, 6) is -0.0490. The minimum absolute atomic E-state index is 0.0346. The van der Waals surface area contributed by atoms with Crippen molar-refractivity contribution in [2.75, 3.05) is 24.3 Å². The van der Waals surface area contributed by atoms with E-state index in [1.165, 1.54) is 35.1 Å². The number of nitrogens with one attached hydrogen (secondary N) is 1. The summed E-state index contributed by atoms with van der Waals surface area (Å²) in [6.07, 6.45) is 3.91.